The van der Waals surface area contributed by atoms with Gasteiger partial charge in [0.2, 0.25) is 0 Å². The van der Waals surface area contributed by atoms with Gasteiger partial charge in [-0.25, -0.2) is 8.78 Å². The molecule has 1 aromatic heterocycles. The quantitative estimate of drug-likeness (QED) is 0.420. The van der Waals surface area contributed by atoms with E-state index >= 15 is 0 Å². The third kappa shape index (κ3) is 3.54. The standard InChI is InChI=1S/C26H23F2NO.2H2/c1-5-18-11-12-20(21(15-18)26(4,27)28)22-13-14-23(30-22)25-16(2)24(17(3)29-25)19-9-7-6-8-10-19;;/h5-16H,1H2,2-4H3;2*1H. The van der Waals surface area contributed by atoms with E-state index < -0.39 is 5.92 Å². The van der Waals surface area contributed by atoms with Crippen LogP contribution in [0.15, 0.2) is 82.3 Å². The van der Waals surface area contributed by atoms with E-state index in [0.29, 0.717) is 22.6 Å². The molecule has 1 unspecified atom stereocenters. The fourth-order valence-corrected chi connectivity index (χ4v) is 4.02. The first-order valence-electron chi connectivity index (χ1n) is 9.89. The number of hydrogen-bond acceptors (Lipinski definition) is 2. The molecule has 0 fully saturated rings. The Morgan fingerprint density at radius 3 is 2.43 bits per heavy atom. The molecule has 4 heteroatoms. The van der Waals surface area contributed by atoms with Gasteiger partial charge in [0.25, 0.3) is 5.92 Å². The summed E-state index contributed by atoms with van der Waals surface area (Å²) < 4.78 is 34.6. The summed E-state index contributed by atoms with van der Waals surface area (Å²) in [5.41, 5.74) is 4.96. The highest BCUT2D eigenvalue weighted by Crippen LogP contribution is 2.40. The molecule has 0 aliphatic carbocycles. The van der Waals surface area contributed by atoms with Crippen molar-refractivity contribution in [2.24, 2.45) is 10.9 Å². The molecule has 0 amide bonds. The van der Waals surface area contributed by atoms with Crippen molar-refractivity contribution >= 4 is 17.4 Å². The van der Waals surface area contributed by atoms with Crippen LogP contribution < -0.4 is 0 Å². The van der Waals surface area contributed by atoms with Gasteiger partial charge in [-0.05, 0) is 41.8 Å². The summed E-state index contributed by atoms with van der Waals surface area (Å²) in [4.78, 5) is 4.74. The number of aliphatic imine (C=N–C) groups is 1. The summed E-state index contributed by atoms with van der Waals surface area (Å²) in [6, 6.07) is 18.5. The normalized spacial score (nSPS) is 16.7. The number of benzene rings is 2. The van der Waals surface area contributed by atoms with Crippen LogP contribution in [0.2, 0.25) is 0 Å². The van der Waals surface area contributed by atoms with Crippen LogP contribution in [0.25, 0.3) is 23.0 Å². The summed E-state index contributed by atoms with van der Waals surface area (Å²) in [5, 5.41) is 0. The average Bonchev–Trinajstić information content (AvgIpc) is 3.32. The first kappa shape index (κ1) is 20.0. The second-order valence-corrected chi connectivity index (χ2v) is 7.65. The average molecular weight is 408 g/mol. The van der Waals surface area contributed by atoms with Crippen molar-refractivity contribution < 1.29 is 16.1 Å². The van der Waals surface area contributed by atoms with Crippen LogP contribution in [-0.2, 0) is 5.92 Å². The van der Waals surface area contributed by atoms with Crippen molar-refractivity contribution in [3.05, 3.63) is 95.4 Å². The van der Waals surface area contributed by atoms with Gasteiger partial charge in [0.1, 0.15) is 11.5 Å². The van der Waals surface area contributed by atoms with Crippen molar-refractivity contribution in [3.63, 3.8) is 0 Å². The number of alkyl halides is 2. The van der Waals surface area contributed by atoms with Gasteiger partial charge in [0, 0.05) is 32.5 Å². The van der Waals surface area contributed by atoms with Crippen molar-refractivity contribution in [2.75, 3.05) is 0 Å². The number of furan rings is 1. The lowest BCUT2D eigenvalue weighted by Gasteiger charge is -2.16. The zero-order chi connectivity index (χ0) is 21.5. The van der Waals surface area contributed by atoms with Crippen molar-refractivity contribution in [3.8, 4) is 11.3 Å². The topological polar surface area (TPSA) is 25.5 Å². The van der Waals surface area contributed by atoms with E-state index in [2.05, 4.69) is 25.6 Å². The molecule has 2 heterocycles. The van der Waals surface area contributed by atoms with Crippen molar-refractivity contribution in [1.29, 1.82) is 0 Å². The zero-order valence-electron chi connectivity index (χ0n) is 17.2. The molecule has 3 aromatic rings. The van der Waals surface area contributed by atoms with E-state index in [1.807, 2.05) is 31.2 Å². The summed E-state index contributed by atoms with van der Waals surface area (Å²) in [5.74, 6) is -1.96. The second-order valence-electron chi connectivity index (χ2n) is 7.65. The number of hydrogen-bond donors (Lipinski definition) is 0. The third-order valence-electron chi connectivity index (χ3n) is 5.48. The van der Waals surface area contributed by atoms with Crippen LogP contribution >= 0.6 is 0 Å². The molecule has 0 radical (unpaired) electrons. The fraction of sp³-hybridized carbons (Fsp3) is 0.192. The van der Waals surface area contributed by atoms with Crippen LogP contribution in [0, 0.1) is 5.92 Å². The molecular formula is C26H27F2NO. The van der Waals surface area contributed by atoms with E-state index in [1.54, 1.807) is 24.3 Å². The Labute approximate surface area is 178 Å². The molecule has 30 heavy (non-hydrogen) atoms. The van der Waals surface area contributed by atoms with Crippen LogP contribution in [0.4, 0.5) is 8.78 Å². The minimum Gasteiger partial charge on any atom is -0.455 e. The van der Waals surface area contributed by atoms with E-state index in [-0.39, 0.29) is 14.3 Å². The Bertz CT molecular complexity index is 1170. The number of halogens is 2. The molecule has 0 spiro atoms. The lowest BCUT2D eigenvalue weighted by molar-refractivity contribution is 0.0179. The molecular weight excluding hydrogens is 380 g/mol. The molecule has 1 atom stereocenters. The Morgan fingerprint density at radius 2 is 1.77 bits per heavy atom. The minimum atomic E-state index is -3.00. The first-order valence-corrected chi connectivity index (χ1v) is 9.89. The smallest absolute Gasteiger partial charge is 0.271 e. The lowest BCUT2D eigenvalue weighted by Crippen LogP contribution is -2.10. The highest BCUT2D eigenvalue weighted by atomic mass is 19.3. The van der Waals surface area contributed by atoms with Crippen LogP contribution in [-0.4, -0.2) is 5.71 Å². The van der Waals surface area contributed by atoms with Crippen LogP contribution in [0.1, 0.15) is 46.1 Å². The third-order valence-corrected chi connectivity index (χ3v) is 5.48. The second kappa shape index (κ2) is 7.52. The Hall–Kier alpha value is -3.27. The molecule has 1 aliphatic rings. The Kier molecular flexibility index (Phi) is 5.02. The maximum atomic E-state index is 14.3. The first-order chi connectivity index (χ1) is 14.3. The molecule has 156 valence electrons. The largest absolute Gasteiger partial charge is 0.455 e. The predicted octanol–water partition coefficient (Wildman–Crippen LogP) is 8.06. The van der Waals surface area contributed by atoms with Gasteiger partial charge in [-0.3, -0.25) is 4.99 Å². The van der Waals surface area contributed by atoms with Crippen molar-refractivity contribution in [1.82, 2.24) is 0 Å². The molecule has 1 aliphatic heterocycles. The predicted molar refractivity (Wildman–Crippen MR) is 123 cm³/mol. The van der Waals surface area contributed by atoms with Crippen LogP contribution in [0.3, 0.4) is 0 Å². The number of nitrogens with zero attached hydrogens (tertiary/aromatic N) is 1. The van der Waals surface area contributed by atoms with Crippen molar-refractivity contribution in [2.45, 2.75) is 26.7 Å². The lowest BCUT2D eigenvalue weighted by atomic mass is 9.90. The summed E-state index contributed by atoms with van der Waals surface area (Å²) in [6.07, 6.45) is 1.56. The maximum absolute atomic E-state index is 14.3. The molecule has 0 saturated heterocycles. The van der Waals surface area contributed by atoms with E-state index in [9.17, 15) is 8.78 Å². The molecule has 0 saturated carbocycles. The summed E-state index contributed by atoms with van der Waals surface area (Å²) in [7, 11) is 0. The monoisotopic (exact) mass is 407 g/mol. The minimum absolute atomic E-state index is 0. The molecule has 2 nitrogen and oxygen atoms in total. The highest BCUT2D eigenvalue weighted by molar-refractivity contribution is 6.10. The molecule has 2 aromatic carbocycles. The molecule has 4 rings (SSSR count). The molecule has 0 bridgehead atoms. The van der Waals surface area contributed by atoms with E-state index in [1.165, 1.54) is 6.07 Å². The molecule has 0 N–H and O–H groups in total. The van der Waals surface area contributed by atoms with Gasteiger partial charge < -0.3 is 4.42 Å². The fourth-order valence-electron chi connectivity index (χ4n) is 4.02. The number of rotatable bonds is 5. The Balaban J connectivity index is 0.00000181. The summed E-state index contributed by atoms with van der Waals surface area (Å²) in [6.45, 7) is 8.64. The van der Waals surface area contributed by atoms with Gasteiger partial charge in [0.05, 0.1) is 5.71 Å². The van der Waals surface area contributed by atoms with Gasteiger partial charge >= 0.3 is 0 Å². The zero-order valence-corrected chi connectivity index (χ0v) is 17.2. The van der Waals surface area contributed by atoms with Gasteiger partial charge in [-0.1, -0.05) is 62.0 Å². The summed E-state index contributed by atoms with van der Waals surface area (Å²) >= 11 is 0. The van der Waals surface area contributed by atoms with Gasteiger partial charge in [0.15, 0.2) is 0 Å². The van der Waals surface area contributed by atoms with Crippen LogP contribution in [0.5, 0.6) is 0 Å². The van der Waals surface area contributed by atoms with Gasteiger partial charge in [-0.15, -0.1) is 0 Å². The van der Waals surface area contributed by atoms with E-state index in [0.717, 1.165) is 29.5 Å². The SMILES string of the molecule is C=Cc1ccc(-c2ccc(C3=NC(C)=C(c4ccccc4)C3C)o2)c(C(C)(F)F)c1.[HH].[HH]. The Morgan fingerprint density at radius 1 is 1.07 bits per heavy atom. The van der Waals surface area contributed by atoms with Gasteiger partial charge in [-0.2, -0.15) is 0 Å². The number of allylic oxidation sites excluding steroid dienone is 2. The van der Waals surface area contributed by atoms with E-state index in [4.69, 9.17) is 9.41 Å². The maximum Gasteiger partial charge on any atom is 0.271 e. The highest BCUT2D eigenvalue weighted by Gasteiger charge is 2.31.